The molecule has 1 saturated heterocycles. The molecule has 1 N–H and O–H groups in total. The lowest BCUT2D eigenvalue weighted by atomic mass is 10.1. The van der Waals surface area contributed by atoms with E-state index in [9.17, 15) is 17.6 Å². The molecule has 0 spiro atoms. The molecule has 8 nitrogen and oxygen atoms in total. The van der Waals surface area contributed by atoms with Crippen LogP contribution in [-0.2, 0) is 32.8 Å². The lowest BCUT2D eigenvalue weighted by Gasteiger charge is -2.27. The zero-order chi connectivity index (χ0) is 23.1. The van der Waals surface area contributed by atoms with Gasteiger partial charge in [-0.05, 0) is 23.3 Å². The van der Waals surface area contributed by atoms with E-state index in [2.05, 4.69) is 10.2 Å². The van der Waals surface area contributed by atoms with E-state index in [1.165, 1.54) is 32.3 Å². The van der Waals surface area contributed by atoms with Crippen molar-refractivity contribution in [3.63, 3.8) is 0 Å². The summed E-state index contributed by atoms with van der Waals surface area (Å²) in [6.45, 7) is 3.72. The van der Waals surface area contributed by atoms with Crippen LogP contribution in [0.5, 0.6) is 0 Å². The number of benzene rings is 2. The van der Waals surface area contributed by atoms with Crippen LogP contribution in [0.25, 0.3) is 0 Å². The number of rotatable bonds is 9. The van der Waals surface area contributed by atoms with Crippen molar-refractivity contribution in [2.45, 2.75) is 13.1 Å². The smallest absolute Gasteiger partial charge is 0.304 e. The van der Waals surface area contributed by atoms with Crippen molar-refractivity contribution in [3.8, 4) is 0 Å². The predicted octanol–water partition coefficient (Wildman–Crippen LogP) is 1.59. The van der Waals surface area contributed by atoms with Crippen molar-refractivity contribution in [1.82, 2.24) is 14.5 Å². The van der Waals surface area contributed by atoms with Crippen LogP contribution in [0, 0.1) is 5.82 Å². The van der Waals surface area contributed by atoms with E-state index in [4.69, 9.17) is 4.74 Å². The molecular formula is C22H29FN4O4S. The van der Waals surface area contributed by atoms with E-state index in [0.29, 0.717) is 0 Å². The van der Waals surface area contributed by atoms with Crippen LogP contribution in [-0.4, -0.2) is 70.5 Å². The normalized spacial score (nSPS) is 15.0. The van der Waals surface area contributed by atoms with Gasteiger partial charge in [0, 0.05) is 40.3 Å². The first-order valence-corrected chi connectivity index (χ1v) is 11.8. The van der Waals surface area contributed by atoms with Crippen LogP contribution in [0.15, 0.2) is 48.5 Å². The highest BCUT2D eigenvalue weighted by Crippen LogP contribution is 2.22. The fourth-order valence-corrected chi connectivity index (χ4v) is 4.46. The molecule has 32 heavy (non-hydrogen) atoms. The Morgan fingerprint density at radius 3 is 2.47 bits per heavy atom. The minimum Gasteiger partial charge on any atom is -0.379 e. The molecule has 2 aromatic carbocycles. The molecule has 0 atom stereocenters. The zero-order valence-electron chi connectivity index (χ0n) is 18.3. The highest BCUT2D eigenvalue weighted by atomic mass is 32.2. The van der Waals surface area contributed by atoms with Gasteiger partial charge in [0.15, 0.2) is 0 Å². The van der Waals surface area contributed by atoms with Crippen molar-refractivity contribution in [1.29, 1.82) is 0 Å². The SMILES string of the molecule is CN(C)S(=O)(=O)N(CC(=O)NCc1cccc(CN2CCOCC2)c1)c1ccccc1F. The van der Waals surface area contributed by atoms with E-state index in [1.807, 2.05) is 24.3 Å². The summed E-state index contributed by atoms with van der Waals surface area (Å²) < 4.78 is 46.8. The number of amides is 1. The van der Waals surface area contributed by atoms with E-state index in [0.717, 1.165) is 58.7 Å². The second-order valence-electron chi connectivity index (χ2n) is 7.73. The number of ether oxygens (including phenoxy) is 1. The molecule has 1 amide bonds. The molecule has 2 aromatic rings. The van der Waals surface area contributed by atoms with Crippen molar-refractivity contribution < 1.29 is 22.3 Å². The lowest BCUT2D eigenvalue weighted by Crippen LogP contribution is -2.46. The molecule has 10 heteroatoms. The number of morpholine rings is 1. The largest absolute Gasteiger partial charge is 0.379 e. The topological polar surface area (TPSA) is 82.2 Å². The molecule has 1 fully saturated rings. The molecule has 3 rings (SSSR count). The summed E-state index contributed by atoms with van der Waals surface area (Å²) in [6.07, 6.45) is 0. The maximum Gasteiger partial charge on any atom is 0.304 e. The number of para-hydroxylation sites is 1. The number of anilines is 1. The van der Waals surface area contributed by atoms with Crippen LogP contribution in [0.2, 0.25) is 0 Å². The summed E-state index contributed by atoms with van der Waals surface area (Å²) in [4.78, 5) is 14.9. The van der Waals surface area contributed by atoms with Gasteiger partial charge < -0.3 is 10.1 Å². The highest BCUT2D eigenvalue weighted by Gasteiger charge is 2.29. The summed E-state index contributed by atoms with van der Waals surface area (Å²) in [5.74, 6) is -1.25. The van der Waals surface area contributed by atoms with E-state index in [-0.39, 0.29) is 12.2 Å². The van der Waals surface area contributed by atoms with Crippen molar-refractivity contribution >= 4 is 21.8 Å². The molecule has 174 valence electrons. The molecule has 0 unspecified atom stereocenters. The second-order valence-corrected chi connectivity index (χ2v) is 9.80. The minimum atomic E-state index is -4.07. The van der Waals surface area contributed by atoms with Gasteiger partial charge in [-0.2, -0.15) is 12.7 Å². The van der Waals surface area contributed by atoms with Crippen LogP contribution in [0.3, 0.4) is 0 Å². The van der Waals surface area contributed by atoms with E-state index in [1.54, 1.807) is 0 Å². The summed E-state index contributed by atoms with van der Waals surface area (Å²) in [6, 6.07) is 13.3. The van der Waals surface area contributed by atoms with Crippen LogP contribution >= 0.6 is 0 Å². The highest BCUT2D eigenvalue weighted by molar-refractivity contribution is 7.90. The van der Waals surface area contributed by atoms with Crippen LogP contribution in [0.4, 0.5) is 10.1 Å². The molecule has 0 aliphatic carbocycles. The third kappa shape index (κ3) is 6.26. The maximum absolute atomic E-state index is 14.3. The summed E-state index contributed by atoms with van der Waals surface area (Å²) >= 11 is 0. The maximum atomic E-state index is 14.3. The third-order valence-corrected chi connectivity index (χ3v) is 6.94. The Balaban J connectivity index is 1.65. The molecule has 1 heterocycles. The lowest BCUT2D eigenvalue weighted by molar-refractivity contribution is -0.119. The van der Waals surface area contributed by atoms with Crippen molar-refractivity contribution in [2.24, 2.45) is 0 Å². The number of hydrogen-bond acceptors (Lipinski definition) is 5. The first-order chi connectivity index (χ1) is 15.3. The average Bonchev–Trinajstić information content (AvgIpc) is 2.77. The minimum absolute atomic E-state index is 0.177. The number of nitrogens with zero attached hydrogens (tertiary/aromatic N) is 3. The third-order valence-electron chi connectivity index (χ3n) is 5.14. The molecule has 0 radical (unpaired) electrons. The fourth-order valence-electron chi connectivity index (χ4n) is 3.38. The average molecular weight is 465 g/mol. The summed E-state index contributed by atoms with van der Waals surface area (Å²) in [7, 11) is -1.40. The Bertz CT molecular complexity index is 1030. The second kappa shape index (κ2) is 10.9. The Kier molecular flexibility index (Phi) is 8.19. The first-order valence-electron chi connectivity index (χ1n) is 10.4. The predicted molar refractivity (Wildman–Crippen MR) is 121 cm³/mol. The van der Waals surface area contributed by atoms with Crippen molar-refractivity contribution in [3.05, 3.63) is 65.5 Å². The van der Waals surface area contributed by atoms with Gasteiger partial charge in [-0.15, -0.1) is 0 Å². The summed E-state index contributed by atoms with van der Waals surface area (Å²) in [5, 5.41) is 2.74. The molecule has 1 aliphatic rings. The van der Waals surface area contributed by atoms with Crippen LogP contribution < -0.4 is 9.62 Å². The quantitative estimate of drug-likeness (QED) is 0.610. The van der Waals surface area contributed by atoms with Gasteiger partial charge in [-0.25, -0.2) is 8.70 Å². The standard InChI is InChI=1S/C22H29FN4O4S/c1-25(2)32(29,30)27(21-9-4-3-8-20(21)23)17-22(28)24-15-18-6-5-7-19(14-18)16-26-10-12-31-13-11-26/h3-9,14H,10-13,15-17H2,1-2H3,(H,24,28). The molecule has 0 saturated carbocycles. The van der Waals surface area contributed by atoms with Gasteiger partial charge in [0.05, 0.1) is 18.9 Å². The van der Waals surface area contributed by atoms with Crippen LogP contribution in [0.1, 0.15) is 11.1 Å². The van der Waals surface area contributed by atoms with E-state index >= 15 is 0 Å². The number of carbonyl (C=O) groups is 1. The molecule has 0 bridgehead atoms. The fraction of sp³-hybridized carbons (Fsp3) is 0.409. The first kappa shape index (κ1) is 24.1. The van der Waals surface area contributed by atoms with Gasteiger partial charge in [-0.1, -0.05) is 36.4 Å². The van der Waals surface area contributed by atoms with E-state index < -0.39 is 28.5 Å². The number of nitrogens with one attached hydrogen (secondary N) is 1. The number of carbonyl (C=O) groups excluding carboxylic acids is 1. The van der Waals surface area contributed by atoms with Gasteiger partial charge in [-0.3, -0.25) is 9.69 Å². The van der Waals surface area contributed by atoms with Crippen molar-refractivity contribution in [2.75, 3.05) is 51.2 Å². The monoisotopic (exact) mass is 464 g/mol. The molecule has 0 aromatic heterocycles. The van der Waals surface area contributed by atoms with Gasteiger partial charge >= 0.3 is 10.2 Å². The Morgan fingerprint density at radius 1 is 1.09 bits per heavy atom. The summed E-state index contributed by atoms with van der Waals surface area (Å²) in [5.41, 5.74) is 1.85. The zero-order valence-corrected chi connectivity index (χ0v) is 19.1. The molecule has 1 aliphatic heterocycles. The number of halogens is 1. The Morgan fingerprint density at radius 2 is 1.78 bits per heavy atom. The number of hydrogen-bond donors (Lipinski definition) is 1. The molecular weight excluding hydrogens is 435 g/mol. The Hall–Kier alpha value is -2.53. The van der Waals surface area contributed by atoms with Gasteiger partial charge in [0.25, 0.3) is 0 Å². The van der Waals surface area contributed by atoms with Gasteiger partial charge in [0.2, 0.25) is 5.91 Å². The Labute approximate surface area is 188 Å². The van der Waals surface area contributed by atoms with Gasteiger partial charge in [0.1, 0.15) is 12.4 Å².